The van der Waals surface area contributed by atoms with Crippen molar-refractivity contribution in [2.45, 2.75) is 13.3 Å². The molecule has 1 aromatic carbocycles. The normalized spacial score (nSPS) is 9.42. The van der Waals surface area contributed by atoms with Crippen LogP contribution in [-0.2, 0) is 6.42 Å². The highest BCUT2D eigenvalue weighted by atomic mass is 14.9. The zero-order chi connectivity index (χ0) is 8.97. The van der Waals surface area contributed by atoms with Gasteiger partial charge in [0.2, 0.25) is 0 Å². The van der Waals surface area contributed by atoms with Crippen LogP contribution in [0.15, 0.2) is 36.4 Å². The van der Waals surface area contributed by atoms with Gasteiger partial charge in [0.05, 0.1) is 0 Å². The Morgan fingerprint density at radius 2 is 2.33 bits per heavy atom. The third-order valence-electron chi connectivity index (χ3n) is 1.69. The number of nitrogens with one attached hydrogen (secondary N) is 1. The molecule has 0 bridgehead atoms. The van der Waals surface area contributed by atoms with E-state index in [1.807, 2.05) is 13.9 Å². The standard InChI is InChI=1S/C10H14BN/c1-3-9-5-4-6-10(7-9)12-8(2)11/h4-7,12H,2-3,11H2,1H3. The first-order valence-electron chi connectivity index (χ1n) is 4.24. The molecule has 0 fully saturated rings. The molecule has 1 N–H and O–H groups in total. The monoisotopic (exact) mass is 159 g/mol. The van der Waals surface area contributed by atoms with Gasteiger partial charge in [0.1, 0.15) is 0 Å². The summed E-state index contributed by atoms with van der Waals surface area (Å²) in [6.07, 6.45) is 1.08. The summed E-state index contributed by atoms with van der Waals surface area (Å²) in [5, 5.41) is 3.18. The molecule has 0 heterocycles. The van der Waals surface area contributed by atoms with Gasteiger partial charge >= 0.3 is 0 Å². The van der Waals surface area contributed by atoms with Crippen molar-refractivity contribution in [1.29, 1.82) is 0 Å². The van der Waals surface area contributed by atoms with Crippen LogP contribution >= 0.6 is 0 Å². The van der Waals surface area contributed by atoms with Gasteiger partial charge in [0.25, 0.3) is 0 Å². The van der Waals surface area contributed by atoms with Crippen LogP contribution in [0, 0.1) is 0 Å². The van der Waals surface area contributed by atoms with Crippen LogP contribution in [0.2, 0.25) is 0 Å². The number of rotatable bonds is 3. The van der Waals surface area contributed by atoms with E-state index in [4.69, 9.17) is 0 Å². The minimum absolute atomic E-state index is 0.975. The Balaban J connectivity index is 2.79. The number of hydrogen-bond donors (Lipinski definition) is 1. The number of benzene rings is 1. The van der Waals surface area contributed by atoms with Crippen LogP contribution in [0.3, 0.4) is 0 Å². The Morgan fingerprint density at radius 1 is 1.58 bits per heavy atom. The van der Waals surface area contributed by atoms with Crippen LogP contribution in [0.25, 0.3) is 0 Å². The van der Waals surface area contributed by atoms with Crippen LogP contribution in [0.1, 0.15) is 12.5 Å². The fourth-order valence-corrected chi connectivity index (χ4v) is 1.12. The third kappa shape index (κ3) is 2.46. The van der Waals surface area contributed by atoms with Gasteiger partial charge in [0.15, 0.2) is 7.85 Å². The number of anilines is 1. The Labute approximate surface area is 74.9 Å². The van der Waals surface area contributed by atoms with Crippen molar-refractivity contribution in [3.05, 3.63) is 42.0 Å². The predicted molar refractivity (Wildman–Crippen MR) is 57.1 cm³/mol. The second kappa shape index (κ2) is 4.00. The lowest BCUT2D eigenvalue weighted by molar-refractivity contribution is 1.14. The maximum absolute atomic E-state index is 3.79. The Kier molecular flexibility index (Phi) is 2.97. The van der Waals surface area contributed by atoms with Gasteiger partial charge in [-0.3, -0.25) is 0 Å². The van der Waals surface area contributed by atoms with E-state index in [0.29, 0.717) is 0 Å². The zero-order valence-corrected chi connectivity index (χ0v) is 7.72. The maximum Gasteiger partial charge on any atom is 0.159 e. The van der Waals surface area contributed by atoms with Crippen molar-refractivity contribution < 1.29 is 0 Å². The van der Waals surface area contributed by atoms with Crippen molar-refractivity contribution in [3.8, 4) is 0 Å². The summed E-state index contributed by atoms with van der Waals surface area (Å²) in [5.74, 6) is 0. The molecule has 1 aromatic rings. The minimum Gasteiger partial charge on any atom is -0.369 e. The summed E-state index contributed by atoms with van der Waals surface area (Å²) in [7, 11) is 1.96. The van der Waals surface area contributed by atoms with Crippen LogP contribution in [-0.4, -0.2) is 7.85 Å². The molecule has 0 spiro atoms. The van der Waals surface area contributed by atoms with Gasteiger partial charge in [-0.1, -0.05) is 25.6 Å². The minimum atomic E-state index is 0.975. The molecule has 1 rings (SSSR count). The maximum atomic E-state index is 3.79. The molecule has 0 saturated carbocycles. The molecule has 0 amide bonds. The van der Waals surface area contributed by atoms with E-state index >= 15 is 0 Å². The van der Waals surface area contributed by atoms with Crippen molar-refractivity contribution >= 4 is 13.5 Å². The second-order valence-corrected chi connectivity index (χ2v) is 2.96. The molecular weight excluding hydrogens is 145 g/mol. The molecule has 12 heavy (non-hydrogen) atoms. The van der Waals surface area contributed by atoms with Crippen LogP contribution < -0.4 is 5.32 Å². The molecule has 0 unspecified atom stereocenters. The number of hydrogen-bond acceptors (Lipinski definition) is 1. The summed E-state index contributed by atoms with van der Waals surface area (Å²) in [5.41, 5.74) is 3.45. The second-order valence-electron chi connectivity index (χ2n) is 2.96. The average Bonchev–Trinajstić information content (AvgIpc) is 2.03. The van der Waals surface area contributed by atoms with E-state index in [1.165, 1.54) is 5.56 Å². The Hall–Kier alpha value is -1.18. The van der Waals surface area contributed by atoms with Gasteiger partial charge in [-0.2, -0.15) is 0 Å². The summed E-state index contributed by atoms with van der Waals surface area (Å²) < 4.78 is 0. The molecule has 0 saturated heterocycles. The van der Waals surface area contributed by atoms with Gasteiger partial charge < -0.3 is 5.32 Å². The van der Waals surface area contributed by atoms with Crippen LogP contribution in [0.5, 0.6) is 0 Å². The smallest absolute Gasteiger partial charge is 0.159 e. The van der Waals surface area contributed by atoms with Crippen molar-refractivity contribution in [2.75, 3.05) is 5.32 Å². The highest BCUT2D eigenvalue weighted by Crippen LogP contribution is 2.11. The lowest BCUT2D eigenvalue weighted by Crippen LogP contribution is -1.97. The quantitative estimate of drug-likeness (QED) is 0.662. The van der Waals surface area contributed by atoms with E-state index in [0.717, 1.165) is 17.7 Å². The molecule has 1 nitrogen and oxygen atoms in total. The van der Waals surface area contributed by atoms with Gasteiger partial charge in [-0.15, -0.1) is 0 Å². The zero-order valence-electron chi connectivity index (χ0n) is 7.72. The van der Waals surface area contributed by atoms with Crippen molar-refractivity contribution in [1.82, 2.24) is 0 Å². The molecule has 0 aliphatic carbocycles. The highest BCUT2D eigenvalue weighted by molar-refractivity contribution is 6.22. The largest absolute Gasteiger partial charge is 0.369 e. The van der Waals surface area contributed by atoms with E-state index in [1.54, 1.807) is 0 Å². The van der Waals surface area contributed by atoms with Gasteiger partial charge in [0, 0.05) is 5.69 Å². The van der Waals surface area contributed by atoms with Gasteiger partial charge in [-0.05, 0) is 29.7 Å². The fraction of sp³-hybridized carbons (Fsp3) is 0.200. The highest BCUT2D eigenvalue weighted by Gasteiger charge is 1.92. The van der Waals surface area contributed by atoms with E-state index < -0.39 is 0 Å². The first-order chi connectivity index (χ1) is 5.72. The SMILES string of the molecule is BC(=C)Nc1cccc(CC)c1. The average molecular weight is 159 g/mol. The first-order valence-corrected chi connectivity index (χ1v) is 4.24. The van der Waals surface area contributed by atoms with E-state index in [9.17, 15) is 0 Å². The molecule has 2 heteroatoms. The summed E-state index contributed by atoms with van der Waals surface area (Å²) in [4.78, 5) is 0. The lowest BCUT2D eigenvalue weighted by Gasteiger charge is -2.06. The number of aryl methyl sites for hydroxylation is 1. The topological polar surface area (TPSA) is 12.0 Å². The Bertz CT molecular complexity index is 281. The third-order valence-corrected chi connectivity index (χ3v) is 1.69. The molecule has 0 aliphatic rings. The molecular formula is C10H14BN. The molecule has 0 aliphatic heterocycles. The Morgan fingerprint density at radius 3 is 2.92 bits per heavy atom. The lowest BCUT2D eigenvalue weighted by atomic mass is 10.1. The summed E-state index contributed by atoms with van der Waals surface area (Å²) >= 11 is 0. The molecule has 0 atom stereocenters. The predicted octanol–water partition coefficient (Wildman–Crippen LogP) is 1.77. The van der Waals surface area contributed by atoms with Crippen molar-refractivity contribution in [2.24, 2.45) is 0 Å². The van der Waals surface area contributed by atoms with E-state index in [2.05, 4.69) is 37.0 Å². The van der Waals surface area contributed by atoms with Crippen molar-refractivity contribution in [3.63, 3.8) is 0 Å². The molecule has 62 valence electrons. The van der Waals surface area contributed by atoms with Gasteiger partial charge in [-0.25, -0.2) is 0 Å². The summed E-state index contributed by atoms with van der Waals surface area (Å²) in [6.45, 7) is 5.95. The molecule has 0 aromatic heterocycles. The first kappa shape index (κ1) is 8.92. The van der Waals surface area contributed by atoms with E-state index in [-0.39, 0.29) is 0 Å². The van der Waals surface area contributed by atoms with Crippen LogP contribution in [0.4, 0.5) is 5.69 Å². The summed E-state index contributed by atoms with van der Waals surface area (Å²) in [6, 6.07) is 8.39. The fourth-order valence-electron chi connectivity index (χ4n) is 1.12. The molecule has 0 radical (unpaired) electrons.